The van der Waals surface area contributed by atoms with Gasteiger partial charge in [0.1, 0.15) is 0 Å². The molecule has 1 rings (SSSR count). The highest BCUT2D eigenvalue weighted by molar-refractivity contribution is 7.99. The van der Waals surface area contributed by atoms with Gasteiger partial charge in [0.05, 0.1) is 11.6 Å². The highest BCUT2D eigenvalue weighted by Gasteiger charge is 1.93. The van der Waals surface area contributed by atoms with Crippen LogP contribution in [-0.2, 0) is 0 Å². The van der Waals surface area contributed by atoms with E-state index in [4.69, 9.17) is 5.26 Å². The molecule has 3 heteroatoms. The molecule has 14 heavy (non-hydrogen) atoms. The Bertz CT molecular complexity index is 317. The van der Waals surface area contributed by atoms with Gasteiger partial charge in [0.25, 0.3) is 0 Å². The zero-order valence-electron chi connectivity index (χ0n) is 8.29. The Labute approximate surface area is 89.3 Å². The Morgan fingerprint density at radius 3 is 3.07 bits per heavy atom. The van der Waals surface area contributed by atoms with Gasteiger partial charge in [0.15, 0.2) is 0 Å². The Kier molecular flexibility index (Phi) is 4.95. The molecule has 0 heterocycles. The van der Waals surface area contributed by atoms with Gasteiger partial charge in [-0.15, -0.1) is 0 Å². The van der Waals surface area contributed by atoms with Crippen molar-refractivity contribution in [2.75, 3.05) is 23.4 Å². The van der Waals surface area contributed by atoms with Gasteiger partial charge in [-0.3, -0.25) is 0 Å². The summed E-state index contributed by atoms with van der Waals surface area (Å²) in [6.07, 6.45) is 0. The first-order chi connectivity index (χ1) is 6.86. The summed E-state index contributed by atoms with van der Waals surface area (Å²) in [4.78, 5) is 0. The van der Waals surface area contributed by atoms with Crippen LogP contribution in [0.15, 0.2) is 24.3 Å². The second kappa shape index (κ2) is 6.33. The van der Waals surface area contributed by atoms with Gasteiger partial charge >= 0.3 is 0 Å². The predicted molar refractivity (Wildman–Crippen MR) is 62.6 cm³/mol. The van der Waals surface area contributed by atoms with Gasteiger partial charge in [-0.05, 0) is 24.0 Å². The SMILES string of the molecule is CCSCCNc1cccc(C#N)c1. The van der Waals surface area contributed by atoms with Crippen molar-refractivity contribution in [3.63, 3.8) is 0 Å². The first-order valence-corrected chi connectivity index (χ1v) is 5.84. The van der Waals surface area contributed by atoms with Crippen molar-refractivity contribution in [2.45, 2.75) is 6.92 Å². The lowest BCUT2D eigenvalue weighted by Gasteiger charge is -2.05. The second-order valence-electron chi connectivity index (χ2n) is 2.82. The summed E-state index contributed by atoms with van der Waals surface area (Å²) in [6, 6.07) is 9.69. The molecule has 0 aliphatic rings. The van der Waals surface area contributed by atoms with Crippen molar-refractivity contribution in [3.05, 3.63) is 29.8 Å². The van der Waals surface area contributed by atoms with Gasteiger partial charge in [-0.1, -0.05) is 13.0 Å². The van der Waals surface area contributed by atoms with Crippen LogP contribution in [0.4, 0.5) is 5.69 Å². The molecule has 2 nitrogen and oxygen atoms in total. The molecule has 0 fully saturated rings. The lowest BCUT2D eigenvalue weighted by atomic mass is 10.2. The molecule has 1 aromatic carbocycles. The summed E-state index contributed by atoms with van der Waals surface area (Å²) in [7, 11) is 0. The van der Waals surface area contributed by atoms with Crippen molar-refractivity contribution in [1.29, 1.82) is 5.26 Å². The molecule has 0 bridgehead atoms. The van der Waals surface area contributed by atoms with E-state index in [-0.39, 0.29) is 0 Å². The van der Waals surface area contributed by atoms with Crippen LogP contribution >= 0.6 is 11.8 Å². The molecule has 0 aliphatic carbocycles. The van der Waals surface area contributed by atoms with E-state index >= 15 is 0 Å². The van der Waals surface area contributed by atoms with Crippen LogP contribution in [0, 0.1) is 11.3 Å². The standard InChI is InChI=1S/C11H14N2S/c1-2-14-7-6-13-11-5-3-4-10(8-11)9-12/h3-5,8,13H,2,6-7H2,1H3. The maximum Gasteiger partial charge on any atom is 0.0992 e. The number of benzene rings is 1. The molecule has 1 N–H and O–H groups in total. The minimum atomic E-state index is 0.707. The Morgan fingerprint density at radius 1 is 1.50 bits per heavy atom. The molecule has 0 unspecified atom stereocenters. The van der Waals surface area contributed by atoms with Crippen molar-refractivity contribution >= 4 is 17.4 Å². The summed E-state index contributed by atoms with van der Waals surface area (Å²) in [5, 5.41) is 12.0. The van der Waals surface area contributed by atoms with Crippen LogP contribution in [0.3, 0.4) is 0 Å². The quantitative estimate of drug-likeness (QED) is 0.752. The van der Waals surface area contributed by atoms with Crippen LogP contribution in [0.5, 0.6) is 0 Å². The summed E-state index contributed by atoms with van der Waals surface area (Å²) >= 11 is 1.91. The summed E-state index contributed by atoms with van der Waals surface area (Å²) in [6.45, 7) is 3.11. The number of hydrogen-bond acceptors (Lipinski definition) is 3. The van der Waals surface area contributed by atoms with E-state index in [2.05, 4.69) is 18.3 Å². The van der Waals surface area contributed by atoms with Crippen LogP contribution in [0.1, 0.15) is 12.5 Å². The first kappa shape index (κ1) is 10.9. The maximum atomic E-state index is 8.69. The lowest BCUT2D eigenvalue weighted by molar-refractivity contribution is 1.22. The molecule has 0 amide bonds. The van der Waals surface area contributed by atoms with Crippen molar-refractivity contribution < 1.29 is 0 Å². The zero-order chi connectivity index (χ0) is 10.2. The molecule has 0 spiro atoms. The normalized spacial score (nSPS) is 9.43. The topological polar surface area (TPSA) is 35.8 Å². The smallest absolute Gasteiger partial charge is 0.0992 e. The molecular formula is C11H14N2S. The summed E-state index contributed by atoms with van der Waals surface area (Å²) < 4.78 is 0. The third-order valence-corrected chi connectivity index (χ3v) is 2.67. The average molecular weight is 206 g/mol. The maximum absolute atomic E-state index is 8.69. The van der Waals surface area contributed by atoms with E-state index < -0.39 is 0 Å². The van der Waals surface area contributed by atoms with Crippen LogP contribution in [0.25, 0.3) is 0 Å². The van der Waals surface area contributed by atoms with Crippen LogP contribution < -0.4 is 5.32 Å². The van der Waals surface area contributed by atoms with E-state index in [0.717, 1.165) is 23.7 Å². The van der Waals surface area contributed by atoms with Crippen molar-refractivity contribution in [2.24, 2.45) is 0 Å². The lowest BCUT2D eigenvalue weighted by Crippen LogP contribution is -2.04. The number of hydrogen-bond donors (Lipinski definition) is 1. The van der Waals surface area contributed by atoms with Gasteiger partial charge in [0, 0.05) is 18.0 Å². The van der Waals surface area contributed by atoms with Gasteiger partial charge < -0.3 is 5.32 Å². The van der Waals surface area contributed by atoms with Gasteiger partial charge in [0.2, 0.25) is 0 Å². The Morgan fingerprint density at radius 2 is 2.36 bits per heavy atom. The minimum absolute atomic E-state index is 0.707. The number of nitrogens with zero attached hydrogens (tertiary/aromatic N) is 1. The Balaban J connectivity index is 2.39. The van der Waals surface area contributed by atoms with E-state index in [1.807, 2.05) is 36.0 Å². The van der Waals surface area contributed by atoms with E-state index in [9.17, 15) is 0 Å². The monoisotopic (exact) mass is 206 g/mol. The zero-order valence-corrected chi connectivity index (χ0v) is 9.10. The first-order valence-electron chi connectivity index (χ1n) is 4.68. The molecular weight excluding hydrogens is 192 g/mol. The molecule has 0 radical (unpaired) electrons. The highest BCUT2D eigenvalue weighted by Crippen LogP contribution is 2.09. The van der Waals surface area contributed by atoms with Gasteiger partial charge in [-0.2, -0.15) is 17.0 Å². The average Bonchev–Trinajstić information content (AvgIpc) is 2.25. The number of rotatable bonds is 5. The van der Waals surface area contributed by atoms with Gasteiger partial charge in [-0.25, -0.2) is 0 Å². The molecule has 0 aliphatic heterocycles. The second-order valence-corrected chi connectivity index (χ2v) is 4.21. The summed E-state index contributed by atoms with van der Waals surface area (Å²) in [5.74, 6) is 2.26. The predicted octanol–water partition coefficient (Wildman–Crippen LogP) is 2.72. The number of anilines is 1. The fourth-order valence-electron chi connectivity index (χ4n) is 1.11. The largest absolute Gasteiger partial charge is 0.384 e. The summed E-state index contributed by atoms with van der Waals surface area (Å²) in [5.41, 5.74) is 1.74. The Hall–Kier alpha value is -1.14. The molecule has 0 saturated heterocycles. The van der Waals surface area contributed by atoms with E-state index in [1.165, 1.54) is 0 Å². The van der Waals surface area contributed by atoms with Crippen molar-refractivity contribution in [3.8, 4) is 6.07 Å². The third-order valence-electron chi connectivity index (χ3n) is 1.77. The van der Waals surface area contributed by atoms with Crippen LogP contribution in [0.2, 0.25) is 0 Å². The fourth-order valence-corrected chi connectivity index (χ4v) is 1.65. The van der Waals surface area contributed by atoms with Crippen molar-refractivity contribution in [1.82, 2.24) is 0 Å². The number of thioether (sulfide) groups is 1. The fraction of sp³-hybridized carbons (Fsp3) is 0.364. The van der Waals surface area contributed by atoms with Crippen LogP contribution in [-0.4, -0.2) is 18.1 Å². The van der Waals surface area contributed by atoms with E-state index in [0.29, 0.717) is 5.56 Å². The minimum Gasteiger partial charge on any atom is -0.384 e. The number of nitriles is 1. The molecule has 0 aromatic heterocycles. The molecule has 0 atom stereocenters. The molecule has 1 aromatic rings. The molecule has 74 valence electrons. The molecule has 0 saturated carbocycles. The number of nitrogens with one attached hydrogen (secondary N) is 1. The van der Waals surface area contributed by atoms with E-state index in [1.54, 1.807) is 0 Å². The highest BCUT2D eigenvalue weighted by atomic mass is 32.2. The third kappa shape index (κ3) is 3.71.